The first-order valence-corrected chi connectivity index (χ1v) is 9.58. The zero-order chi connectivity index (χ0) is 22.0. The van der Waals surface area contributed by atoms with Crippen LogP contribution in [0.25, 0.3) is 22.4 Å². The summed E-state index contributed by atoms with van der Waals surface area (Å²) in [7, 11) is 1.55. The minimum absolute atomic E-state index is 0.244. The van der Waals surface area contributed by atoms with Crippen molar-refractivity contribution in [1.29, 1.82) is 0 Å². The molecule has 5 nitrogen and oxygen atoms in total. The number of anilines is 2. The highest BCUT2D eigenvalue weighted by molar-refractivity contribution is 6.32. The van der Waals surface area contributed by atoms with Gasteiger partial charge in [-0.2, -0.15) is 13.2 Å². The van der Waals surface area contributed by atoms with Gasteiger partial charge in [-0.05, 0) is 54.6 Å². The summed E-state index contributed by atoms with van der Waals surface area (Å²) in [6.07, 6.45) is -2.76. The van der Waals surface area contributed by atoms with Crippen molar-refractivity contribution in [3.05, 3.63) is 77.1 Å². The zero-order valence-corrected chi connectivity index (χ0v) is 17.0. The molecule has 0 radical (unpaired) electrons. The number of nitrogens with one attached hydrogen (secondary N) is 1. The Morgan fingerprint density at radius 3 is 2.48 bits per heavy atom. The van der Waals surface area contributed by atoms with Gasteiger partial charge in [-0.25, -0.2) is 9.97 Å². The predicted octanol–water partition coefficient (Wildman–Crippen LogP) is 6.25. The number of aromatic nitrogens is 3. The Kier molecular flexibility index (Phi) is 5.75. The smallest absolute Gasteiger partial charge is 0.378 e. The molecule has 3 aromatic heterocycles. The molecular formula is C22H16ClF3N4O. The molecule has 0 bridgehead atoms. The second-order valence-corrected chi connectivity index (χ2v) is 7.10. The van der Waals surface area contributed by atoms with Gasteiger partial charge in [0.2, 0.25) is 0 Å². The number of benzene rings is 1. The molecule has 0 fully saturated rings. The Morgan fingerprint density at radius 2 is 1.81 bits per heavy atom. The summed E-state index contributed by atoms with van der Waals surface area (Å²) in [5, 5.41) is 4.30. The van der Waals surface area contributed by atoms with Gasteiger partial charge in [-0.1, -0.05) is 11.6 Å². The lowest BCUT2D eigenvalue weighted by atomic mass is 10.1. The van der Waals surface area contributed by atoms with E-state index in [9.17, 15) is 13.2 Å². The van der Waals surface area contributed by atoms with Gasteiger partial charge in [-0.3, -0.25) is 4.98 Å². The molecule has 9 heteroatoms. The largest absolute Gasteiger partial charge is 0.416 e. The average molecular weight is 445 g/mol. The fourth-order valence-electron chi connectivity index (χ4n) is 3.09. The Balaban J connectivity index is 1.76. The molecule has 0 saturated heterocycles. The van der Waals surface area contributed by atoms with Crippen molar-refractivity contribution in [2.75, 3.05) is 12.4 Å². The third-order valence-corrected chi connectivity index (χ3v) is 4.82. The van der Waals surface area contributed by atoms with Crippen LogP contribution in [0.4, 0.5) is 24.5 Å². The molecule has 0 spiro atoms. The molecule has 0 unspecified atom stereocenters. The number of rotatable bonds is 5. The Bertz CT molecular complexity index is 1230. The molecule has 31 heavy (non-hydrogen) atoms. The molecule has 1 N–H and O–H groups in total. The van der Waals surface area contributed by atoms with Crippen LogP contribution in [0.5, 0.6) is 0 Å². The summed E-state index contributed by atoms with van der Waals surface area (Å²) < 4.78 is 43.7. The standard InChI is InChI=1S/C22H16ClF3N4O/c1-31-12-15-11-19(28-14-6-4-13(5-7-14)22(24,25)26)16-8-9-18(30-21(16)29-15)20-17(23)3-2-10-27-20/h2-11H,12H2,1H3,(H,28,29,30). The van der Waals surface area contributed by atoms with Crippen molar-refractivity contribution in [3.8, 4) is 11.4 Å². The molecule has 0 aliphatic carbocycles. The average Bonchev–Trinajstić information content (AvgIpc) is 2.74. The van der Waals surface area contributed by atoms with Crippen molar-refractivity contribution >= 4 is 34.0 Å². The molecule has 0 aliphatic heterocycles. The van der Waals surface area contributed by atoms with Crippen molar-refractivity contribution in [2.45, 2.75) is 12.8 Å². The maximum Gasteiger partial charge on any atom is 0.416 e. The first-order chi connectivity index (χ1) is 14.8. The zero-order valence-electron chi connectivity index (χ0n) is 16.2. The first-order valence-electron chi connectivity index (χ1n) is 9.20. The van der Waals surface area contributed by atoms with Crippen LogP contribution >= 0.6 is 11.6 Å². The number of fused-ring (bicyclic) bond motifs is 1. The van der Waals surface area contributed by atoms with Gasteiger partial charge in [0.15, 0.2) is 5.65 Å². The number of methoxy groups -OCH3 is 1. The number of nitrogens with zero attached hydrogens (tertiary/aromatic N) is 3. The molecule has 158 valence electrons. The highest BCUT2D eigenvalue weighted by atomic mass is 35.5. The van der Waals surface area contributed by atoms with E-state index < -0.39 is 11.7 Å². The van der Waals surface area contributed by atoms with Crippen molar-refractivity contribution in [2.24, 2.45) is 0 Å². The topological polar surface area (TPSA) is 59.9 Å². The van der Waals surface area contributed by atoms with Crippen molar-refractivity contribution < 1.29 is 17.9 Å². The van der Waals surface area contributed by atoms with E-state index >= 15 is 0 Å². The molecule has 3 heterocycles. The summed E-state index contributed by atoms with van der Waals surface area (Å²) in [6, 6.07) is 13.6. The summed E-state index contributed by atoms with van der Waals surface area (Å²) in [5.41, 5.74) is 2.56. The van der Waals surface area contributed by atoms with E-state index in [4.69, 9.17) is 16.3 Å². The highest BCUT2D eigenvalue weighted by Gasteiger charge is 2.29. The van der Waals surface area contributed by atoms with E-state index in [1.165, 1.54) is 12.1 Å². The maximum absolute atomic E-state index is 12.8. The van der Waals surface area contributed by atoms with Gasteiger partial charge in [0.05, 0.1) is 34.3 Å². The van der Waals surface area contributed by atoms with Gasteiger partial charge in [0.25, 0.3) is 0 Å². The van der Waals surface area contributed by atoms with Crippen LogP contribution in [-0.4, -0.2) is 22.1 Å². The summed E-state index contributed by atoms with van der Waals surface area (Å²) in [4.78, 5) is 13.4. The van der Waals surface area contributed by atoms with Gasteiger partial charge >= 0.3 is 6.18 Å². The normalized spacial score (nSPS) is 11.6. The van der Waals surface area contributed by atoms with Crippen LogP contribution in [0.1, 0.15) is 11.3 Å². The van der Waals surface area contributed by atoms with Crippen molar-refractivity contribution in [1.82, 2.24) is 15.0 Å². The van der Waals surface area contributed by atoms with E-state index in [0.29, 0.717) is 44.5 Å². The fraction of sp³-hybridized carbons (Fsp3) is 0.136. The molecule has 4 aromatic rings. The minimum atomic E-state index is -4.39. The van der Waals surface area contributed by atoms with E-state index in [1.54, 1.807) is 37.6 Å². The molecule has 0 saturated carbocycles. The molecule has 0 amide bonds. The predicted molar refractivity (Wildman–Crippen MR) is 113 cm³/mol. The lowest BCUT2D eigenvalue weighted by molar-refractivity contribution is -0.137. The number of halogens is 4. The number of ether oxygens (including phenoxy) is 1. The third-order valence-electron chi connectivity index (χ3n) is 4.51. The number of hydrogen-bond donors (Lipinski definition) is 1. The van der Waals surface area contributed by atoms with E-state index in [0.717, 1.165) is 12.1 Å². The van der Waals surface area contributed by atoms with Crippen LogP contribution in [0.15, 0.2) is 60.8 Å². The fourth-order valence-corrected chi connectivity index (χ4v) is 3.30. The Morgan fingerprint density at radius 1 is 1.03 bits per heavy atom. The summed E-state index contributed by atoms with van der Waals surface area (Å²) in [6.45, 7) is 0.244. The van der Waals surface area contributed by atoms with Crippen LogP contribution in [-0.2, 0) is 17.5 Å². The second kappa shape index (κ2) is 8.49. The first kappa shape index (κ1) is 21.0. The van der Waals surface area contributed by atoms with Crippen molar-refractivity contribution in [3.63, 3.8) is 0 Å². The lowest BCUT2D eigenvalue weighted by Crippen LogP contribution is -2.04. The third kappa shape index (κ3) is 4.60. The van der Waals surface area contributed by atoms with Crippen LogP contribution < -0.4 is 5.32 Å². The maximum atomic E-state index is 12.8. The van der Waals surface area contributed by atoms with Crippen LogP contribution in [0, 0.1) is 0 Å². The SMILES string of the molecule is COCc1cc(Nc2ccc(C(F)(F)F)cc2)c2ccc(-c3ncccc3Cl)nc2n1. The molecule has 1 aromatic carbocycles. The highest BCUT2D eigenvalue weighted by Crippen LogP contribution is 2.32. The summed E-state index contributed by atoms with van der Waals surface area (Å²) >= 11 is 6.24. The van der Waals surface area contributed by atoms with Crippen LogP contribution in [0.2, 0.25) is 5.02 Å². The molecule has 0 aliphatic rings. The van der Waals surface area contributed by atoms with E-state index in [1.807, 2.05) is 6.07 Å². The molecule has 0 atom stereocenters. The van der Waals surface area contributed by atoms with E-state index in [-0.39, 0.29) is 6.61 Å². The Labute approximate surface area is 180 Å². The summed E-state index contributed by atoms with van der Waals surface area (Å²) in [5.74, 6) is 0. The number of pyridine rings is 3. The lowest BCUT2D eigenvalue weighted by Gasteiger charge is -2.13. The van der Waals surface area contributed by atoms with E-state index in [2.05, 4.69) is 20.3 Å². The number of hydrogen-bond acceptors (Lipinski definition) is 5. The van der Waals surface area contributed by atoms with Crippen LogP contribution in [0.3, 0.4) is 0 Å². The molecular weight excluding hydrogens is 429 g/mol. The molecule has 4 rings (SSSR count). The van der Waals surface area contributed by atoms with Gasteiger partial charge in [0, 0.05) is 24.4 Å². The number of alkyl halides is 3. The second-order valence-electron chi connectivity index (χ2n) is 6.70. The minimum Gasteiger partial charge on any atom is -0.378 e. The van der Waals surface area contributed by atoms with Gasteiger partial charge < -0.3 is 10.1 Å². The van der Waals surface area contributed by atoms with Gasteiger partial charge in [-0.15, -0.1) is 0 Å². The monoisotopic (exact) mass is 444 g/mol. The Hall–Kier alpha value is -3.23. The van der Waals surface area contributed by atoms with Gasteiger partial charge in [0.1, 0.15) is 5.69 Å². The quantitative estimate of drug-likeness (QED) is 0.394.